The van der Waals surface area contributed by atoms with E-state index in [9.17, 15) is 19.8 Å². The van der Waals surface area contributed by atoms with E-state index in [1.165, 1.54) is 4.90 Å². The van der Waals surface area contributed by atoms with Crippen LogP contribution in [0.3, 0.4) is 0 Å². The van der Waals surface area contributed by atoms with Gasteiger partial charge in [0.25, 0.3) is 5.91 Å². The molecule has 29 heavy (non-hydrogen) atoms. The fourth-order valence-electron chi connectivity index (χ4n) is 3.31. The molecule has 0 bridgehead atoms. The average Bonchev–Trinajstić information content (AvgIpc) is 3.21. The summed E-state index contributed by atoms with van der Waals surface area (Å²) in [6.07, 6.45) is 1.98. The third-order valence-electron chi connectivity index (χ3n) is 4.97. The number of hydrogen-bond donors (Lipinski definition) is 2. The van der Waals surface area contributed by atoms with Gasteiger partial charge in [-0.25, -0.2) is 14.8 Å². The van der Waals surface area contributed by atoms with Crippen molar-refractivity contribution in [2.75, 3.05) is 13.6 Å². The van der Waals surface area contributed by atoms with Gasteiger partial charge in [-0.15, -0.1) is 0 Å². The van der Waals surface area contributed by atoms with Gasteiger partial charge in [-0.2, -0.15) is 0 Å². The van der Waals surface area contributed by atoms with Crippen molar-refractivity contribution in [3.05, 3.63) is 47.8 Å². The average molecular weight is 390 g/mol. The Morgan fingerprint density at radius 1 is 1.24 bits per heavy atom. The van der Waals surface area contributed by atoms with Gasteiger partial charge in [0.15, 0.2) is 11.5 Å². The Labute approximate surface area is 166 Å². The zero-order valence-corrected chi connectivity index (χ0v) is 15.9. The highest BCUT2D eigenvalue weighted by Gasteiger charge is 2.42. The monoisotopic (exact) mass is 390 g/mol. The van der Waals surface area contributed by atoms with Crippen LogP contribution in [0.5, 0.6) is 0 Å². The first-order chi connectivity index (χ1) is 13.8. The predicted octanol–water partition coefficient (Wildman–Crippen LogP) is 1.28. The van der Waals surface area contributed by atoms with E-state index in [1.807, 2.05) is 0 Å². The number of fused-ring (bicyclic) bond motifs is 1. The zero-order valence-electron chi connectivity index (χ0n) is 15.9. The van der Waals surface area contributed by atoms with E-state index in [4.69, 9.17) is 0 Å². The van der Waals surface area contributed by atoms with E-state index in [0.717, 1.165) is 0 Å². The number of carbonyl (C=O) groups excluding carboxylic acids is 1. The van der Waals surface area contributed by atoms with Crippen LogP contribution in [0.25, 0.3) is 22.4 Å². The Kier molecular flexibility index (Phi) is 4.32. The van der Waals surface area contributed by atoms with E-state index >= 15 is 0 Å². The number of carboxylic acids is 1. The molecule has 0 saturated carbocycles. The summed E-state index contributed by atoms with van der Waals surface area (Å²) in [5.41, 5.74) is -0.0941. The molecule has 8 nitrogen and oxygen atoms in total. The molecule has 4 rings (SSSR count). The maximum absolute atomic E-state index is 12.1. The van der Waals surface area contributed by atoms with E-state index in [0.29, 0.717) is 28.7 Å². The maximum Gasteiger partial charge on any atom is 0.355 e. The van der Waals surface area contributed by atoms with Crippen LogP contribution in [0.15, 0.2) is 36.5 Å². The summed E-state index contributed by atoms with van der Waals surface area (Å²) in [6.45, 7) is 0.451. The molecule has 0 aliphatic carbocycles. The minimum atomic E-state index is -1.68. The lowest BCUT2D eigenvalue weighted by atomic mass is 10.0. The number of nitrogens with zero attached hydrogens (tertiary/aromatic N) is 4. The summed E-state index contributed by atoms with van der Waals surface area (Å²) < 4.78 is 1.73. The first-order valence-corrected chi connectivity index (χ1v) is 8.96. The number of amides is 1. The molecule has 0 unspecified atom stereocenters. The Balaban J connectivity index is 1.76. The molecule has 1 aliphatic rings. The molecule has 1 aromatic carbocycles. The first kappa shape index (κ1) is 18.7. The molecule has 1 fully saturated rings. The number of carboxylic acid groups (broad SMARTS) is 1. The summed E-state index contributed by atoms with van der Waals surface area (Å²) >= 11 is 0. The number of carbonyl (C=O) groups is 2. The number of aromatic carboxylic acids is 1. The maximum atomic E-state index is 12.1. The van der Waals surface area contributed by atoms with Crippen LogP contribution < -0.4 is 0 Å². The summed E-state index contributed by atoms with van der Waals surface area (Å²) in [5, 5.41) is 20.4. The second-order valence-corrected chi connectivity index (χ2v) is 7.03. The minimum absolute atomic E-state index is 0.0732. The van der Waals surface area contributed by atoms with Crippen LogP contribution in [-0.2, 0) is 11.8 Å². The van der Waals surface area contributed by atoms with Crippen LogP contribution in [-0.4, -0.2) is 60.7 Å². The number of hydrogen-bond acceptors (Lipinski definition) is 5. The first-order valence-electron chi connectivity index (χ1n) is 8.96. The Morgan fingerprint density at radius 2 is 2.03 bits per heavy atom. The van der Waals surface area contributed by atoms with E-state index in [-0.39, 0.29) is 17.9 Å². The number of likely N-dealkylation sites (tertiary alicyclic amines) is 1. The van der Waals surface area contributed by atoms with Crippen molar-refractivity contribution in [1.29, 1.82) is 0 Å². The summed E-state index contributed by atoms with van der Waals surface area (Å²) in [5.74, 6) is 4.23. The Morgan fingerprint density at radius 3 is 2.72 bits per heavy atom. The summed E-state index contributed by atoms with van der Waals surface area (Å²) in [4.78, 5) is 33.9. The normalized spacial score (nSPS) is 18.7. The number of likely N-dealkylation sites (N-methyl/N-ethyl adjacent to an activating group) is 1. The molecule has 8 heteroatoms. The highest BCUT2D eigenvalue weighted by atomic mass is 16.4. The second kappa shape index (κ2) is 6.72. The highest BCUT2D eigenvalue weighted by molar-refractivity contribution is 6.00. The molecule has 3 heterocycles. The Bertz CT molecular complexity index is 1220. The van der Waals surface area contributed by atoms with Crippen LogP contribution in [0.1, 0.15) is 22.5 Å². The van der Waals surface area contributed by atoms with E-state index < -0.39 is 17.5 Å². The number of aliphatic hydroxyl groups is 1. The molecule has 1 atom stereocenters. The molecule has 2 N–H and O–H groups in total. The number of rotatable bonds is 2. The molecule has 2 aromatic heterocycles. The highest BCUT2D eigenvalue weighted by Crippen LogP contribution is 2.24. The van der Waals surface area contributed by atoms with Crippen molar-refractivity contribution in [2.45, 2.75) is 12.0 Å². The number of aromatic nitrogens is 3. The van der Waals surface area contributed by atoms with Crippen molar-refractivity contribution in [3.8, 4) is 23.2 Å². The van der Waals surface area contributed by atoms with Crippen molar-refractivity contribution < 1.29 is 19.8 Å². The fraction of sp³-hybridized carbons (Fsp3) is 0.238. The summed E-state index contributed by atoms with van der Waals surface area (Å²) in [6, 6.07) is 8.60. The van der Waals surface area contributed by atoms with Gasteiger partial charge in [0.05, 0.1) is 5.39 Å². The quantitative estimate of drug-likeness (QED) is 0.638. The smallest absolute Gasteiger partial charge is 0.355 e. The predicted molar refractivity (Wildman–Crippen MR) is 105 cm³/mol. The third kappa shape index (κ3) is 3.22. The van der Waals surface area contributed by atoms with Gasteiger partial charge in [-0.1, -0.05) is 24.0 Å². The van der Waals surface area contributed by atoms with Crippen LogP contribution in [0, 0.1) is 11.8 Å². The largest absolute Gasteiger partial charge is 0.476 e. The molecule has 0 radical (unpaired) electrons. The molecular formula is C21H18N4O4. The number of benzene rings is 1. The standard InChI is InChI=1S/C21H18N4O4/c1-24-10-7-15-16(19(26)27)22-17(23-18(15)24)14-5-3-4-13(12-14)6-8-21(29)9-11-25(2)20(21)28/h3-5,7,10,12,29H,9,11H2,1-2H3,(H,26,27)/t21-/m0/s1. The molecule has 146 valence electrons. The molecule has 3 aromatic rings. The van der Waals surface area contributed by atoms with Gasteiger partial charge >= 0.3 is 5.97 Å². The third-order valence-corrected chi connectivity index (χ3v) is 4.97. The fourth-order valence-corrected chi connectivity index (χ4v) is 3.31. The molecule has 1 aliphatic heterocycles. The minimum Gasteiger partial charge on any atom is -0.476 e. The molecule has 1 amide bonds. The van der Waals surface area contributed by atoms with Gasteiger partial charge in [0, 0.05) is 44.4 Å². The lowest BCUT2D eigenvalue weighted by molar-refractivity contribution is -0.137. The summed E-state index contributed by atoms with van der Waals surface area (Å²) in [7, 11) is 3.41. The van der Waals surface area contributed by atoms with Gasteiger partial charge in [-0.05, 0) is 18.2 Å². The lowest BCUT2D eigenvalue weighted by Crippen LogP contribution is -2.37. The zero-order chi connectivity index (χ0) is 20.8. The number of aryl methyl sites for hydroxylation is 1. The van der Waals surface area contributed by atoms with Crippen molar-refractivity contribution in [1.82, 2.24) is 19.4 Å². The molecular weight excluding hydrogens is 372 g/mol. The Hall–Kier alpha value is -3.70. The molecule has 1 saturated heterocycles. The SMILES string of the molecule is CN1CC[C@@](O)(C#Cc2cccc(-c3nc(C(=O)O)c4ccn(C)c4n3)c2)C1=O. The second-order valence-electron chi connectivity index (χ2n) is 7.03. The topological polar surface area (TPSA) is 109 Å². The van der Waals surface area contributed by atoms with Crippen LogP contribution in [0.4, 0.5) is 0 Å². The van der Waals surface area contributed by atoms with Crippen molar-refractivity contribution >= 4 is 22.9 Å². The van der Waals surface area contributed by atoms with Gasteiger partial charge in [0.2, 0.25) is 5.60 Å². The van der Waals surface area contributed by atoms with Crippen molar-refractivity contribution in [3.63, 3.8) is 0 Å². The van der Waals surface area contributed by atoms with Gasteiger partial charge < -0.3 is 19.7 Å². The van der Waals surface area contributed by atoms with Gasteiger partial charge in [-0.3, -0.25) is 4.79 Å². The van der Waals surface area contributed by atoms with Gasteiger partial charge in [0.1, 0.15) is 5.65 Å². The van der Waals surface area contributed by atoms with E-state index in [1.54, 1.807) is 55.2 Å². The molecule has 0 spiro atoms. The van der Waals surface area contributed by atoms with Crippen LogP contribution >= 0.6 is 0 Å². The van der Waals surface area contributed by atoms with E-state index in [2.05, 4.69) is 21.8 Å². The van der Waals surface area contributed by atoms with Crippen molar-refractivity contribution in [2.24, 2.45) is 7.05 Å². The lowest BCUT2D eigenvalue weighted by Gasteiger charge is -2.13. The van der Waals surface area contributed by atoms with Crippen LogP contribution in [0.2, 0.25) is 0 Å².